The van der Waals surface area contributed by atoms with E-state index in [1.54, 1.807) is 12.1 Å². The molecule has 29 heavy (non-hydrogen) atoms. The molecular weight excluding hydrogens is 368 g/mol. The summed E-state index contributed by atoms with van der Waals surface area (Å²) in [7, 11) is 4.53. The number of allylic oxidation sites excluding steroid dienone is 4. The molecule has 0 spiro atoms. The number of methoxy groups -OCH3 is 3. The highest BCUT2D eigenvalue weighted by molar-refractivity contribution is 5.62. The molecule has 2 atom stereocenters. The number of nitriles is 3. The number of nitrogens with zero attached hydrogens (tertiary/aromatic N) is 3. The maximum Gasteiger partial charge on any atom is 0.203 e. The van der Waals surface area contributed by atoms with Crippen molar-refractivity contribution < 1.29 is 14.2 Å². The zero-order chi connectivity index (χ0) is 21.2. The van der Waals surface area contributed by atoms with Gasteiger partial charge in [-0.2, -0.15) is 15.8 Å². The number of hydrogen-bond donors (Lipinski definition) is 1. The van der Waals surface area contributed by atoms with Gasteiger partial charge in [0.25, 0.3) is 0 Å². The van der Waals surface area contributed by atoms with Gasteiger partial charge >= 0.3 is 0 Å². The molecule has 0 heterocycles. The Kier molecular flexibility index (Phi) is 5.39. The number of fused-ring (bicyclic) bond motifs is 1. The maximum atomic E-state index is 10.1. The first-order valence-electron chi connectivity index (χ1n) is 9.26. The predicted molar refractivity (Wildman–Crippen MR) is 105 cm³/mol. The first-order chi connectivity index (χ1) is 14.0. The molecule has 7 nitrogen and oxygen atoms in total. The molecule has 3 rings (SSSR count). The topological polar surface area (TPSA) is 125 Å². The average Bonchev–Trinajstić information content (AvgIpc) is 2.77. The minimum absolute atomic E-state index is 0.00755. The highest BCUT2D eigenvalue weighted by Crippen LogP contribution is 2.57. The van der Waals surface area contributed by atoms with Gasteiger partial charge in [-0.15, -0.1) is 0 Å². The molecule has 0 aromatic heterocycles. The van der Waals surface area contributed by atoms with Crippen molar-refractivity contribution in [3.63, 3.8) is 0 Å². The normalized spacial score (nSPS) is 22.3. The average molecular weight is 390 g/mol. The molecule has 0 saturated heterocycles. The van der Waals surface area contributed by atoms with E-state index >= 15 is 0 Å². The van der Waals surface area contributed by atoms with Crippen molar-refractivity contribution in [3.05, 3.63) is 40.6 Å². The molecule has 1 aromatic carbocycles. The SMILES string of the molecule is COc1cc([C@H]2[C@H]3CCCC=C3C(C#N)=C(N)C2(C#N)C#N)cc(OC)c1OC. The number of ether oxygens (including phenoxy) is 3. The van der Waals surface area contributed by atoms with E-state index in [0.29, 0.717) is 22.8 Å². The summed E-state index contributed by atoms with van der Waals surface area (Å²) >= 11 is 0. The molecule has 0 bridgehead atoms. The predicted octanol–water partition coefficient (Wildman–Crippen LogP) is 3.31. The van der Waals surface area contributed by atoms with Crippen molar-refractivity contribution in [1.82, 2.24) is 0 Å². The second-order valence-corrected chi connectivity index (χ2v) is 7.07. The molecule has 1 aromatic rings. The Morgan fingerprint density at radius 1 is 1.03 bits per heavy atom. The number of benzene rings is 1. The summed E-state index contributed by atoms with van der Waals surface area (Å²) in [5.41, 5.74) is 6.39. The van der Waals surface area contributed by atoms with E-state index in [4.69, 9.17) is 19.9 Å². The van der Waals surface area contributed by atoms with E-state index in [9.17, 15) is 15.8 Å². The quantitative estimate of drug-likeness (QED) is 0.836. The van der Waals surface area contributed by atoms with Crippen LogP contribution in [0.25, 0.3) is 0 Å². The summed E-state index contributed by atoms with van der Waals surface area (Å²) < 4.78 is 16.3. The summed E-state index contributed by atoms with van der Waals surface area (Å²) in [4.78, 5) is 0. The lowest BCUT2D eigenvalue weighted by molar-refractivity contribution is 0.305. The zero-order valence-corrected chi connectivity index (χ0v) is 16.7. The fourth-order valence-corrected chi connectivity index (χ4v) is 4.53. The van der Waals surface area contributed by atoms with Crippen LogP contribution in [0.5, 0.6) is 17.2 Å². The first kappa shape index (κ1) is 20.1. The molecule has 0 radical (unpaired) electrons. The highest BCUT2D eigenvalue weighted by Gasteiger charge is 2.54. The molecule has 2 aliphatic carbocycles. The fraction of sp³-hybridized carbons (Fsp3) is 0.409. The lowest BCUT2D eigenvalue weighted by Crippen LogP contribution is -2.42. The molecule has 2 aliphatic rings. The molecule has 0 fully saturated rings. The smallest absolute Gasteiger partial charge is 0.203 e. The van der Waals surface area contributed by atoms with Crippen LogP contribution in [-0.4, -0.2) is 21.3 Å². The monoisotopic (exact) mass is 390 g/mol. The van der Waals surface area contributed by atoms with Crippen molar-refractivity contribution in [2.45, 2.75) is 25.2 Å². The zero-order valence-electron chi connectivity index (χ0n) is 16.7. The van der Waals surface area contributed by atoms with Gasteiger partial charge in [-0.3, -0.25) is 0 Å². The molecule has 2 N–H and O–H groups in total. The van der Waals surface area contributed by atoms with Gasteiger partial charge in [-0.1, -0.05) is 6.08 Å². The Morgan fingerprint density at radius 2 is 1.66 bits per heavy atom. The van der Waals surface area contributed by atoms with Crippen molar-refractivity contribution in [2.24, 2.45) is 17.1 Å². The molecule has 0 aliphatic heterocycles. The second kappa shape index (κ2) is 7.78. The van der Waals surface area contributed by atoms with E-state index < -0.39 is 11.3 Å². The van der Waals surface area contributed by atoms with Crippen LogP contribution in [0.4, 0.5) is 0 Å². The fourth-order valence-electron chi connectivity index (χ4n) is 4.53. The van der Waals surface area contributed by atoms with Crippen molar-refractivity contribution >= 4 is 0 Å². The standard InChI is InChI=1S/C22H22N4O3/c1-27-17-8-13(9-18(28-2)20(17)29-3)19-15-7-5-4-6-14(15)16(10-23)21(26)22(19,11-24)12-25/h6,8-9,15,19H,4-5,7,26H2,1-3H3/t15-,19-/m0/s1. The summed E-state index contributed by atoms with van der Waals surface area (Å²) in [6, 6.07) is 9.90. The third-order valence-electron chi connectivity index (χ3n) is 5.85. The molecular formula is C22H22N4O3. The van der Waals surface area contributed by atoms with Crippen molar-refractivity contribution in [1.29, 1.82) is 15.8 Å². The molecule has 148 valence electrons. The number of nitrogens with two attached hydrogens (primary N) is 1. The van der Waals surface area contributed by atoms with E-state index in [2.05, 4.69) is 18.2 Å². The Balaban J connectivity index is 2.36. The van der Waals surface area contributed by atoms with Crippen LogP contribution in [-0.2, 0) is 0 Å². The third-order valence-corrected chi connectivity index (χ3v) is 5.85. The summed E-state index contributed by atoms with van der Waals surface area (Å²) in [6.45, 7) is 0. The minimum atomic E-state index is -1.67. The van der Waals surface area contributed by atoms with Crippen molar-refractivity contribution in [3.8, 4) is 35.5 Å². The Morgan fingerprint density at radius 3 is 2.14 bits per heavy atom. The molecule has 0 unspecified atom stereocenters. The van der Waals surface area contributed by atoms with Gasteiger partial charge in [-0.05, 0) is 48.4 Å². The van der Waals surface area contributed by atoms with Crippen molar-refractivity contribution in [2.75, 3.05) is 21.3 Å². The Hall–Kier alpha value is -3.63. The summed E-state index contributed by atoms with van der Waals surface area (Å²) in [6.07, 6.45) is 4.49. The minimum Gasteiger partial charge on any atom is -0.493 e. The first-order valence-corrected chi connectivity index (χ1v) is 9.26. The van der Waals surface area contributed by atoms with Crippen LogP contribution in [0.2, 0.25) is 0 Å². The maximum absolute atomic E-state index is 10.1. The highest BCUT2D eigenvalue weighted by atomic mass is 16.5. The van der Waals surface area contributed by atoms with Crippen LogP contribution in [0.1, 0.15) is 30.7 Å². The van der Waals surface area contributed by atoms with Crippen LogP contribution >= 0.6 is 0 Å². The second-order valence-electron chi connectivity index (χ2n) is 7.07. The van der Waals surface area contributed by atoms with Gasteiger partial charge in [0.15, 0.2) is 16.9 Å². The molecule has 0 amide bonds. The van der Waals surface area contributed by atoms with Gasteiger partial charge in [-0.25, -0.2) is 0 Å². The van der Waals surface area contributed by atoms with Gasteiger partial charge < -0.3 is 19.9 Å². The third kappa shape index (κ3) is 2.85. The van der Waals surface area contributed by atoms with Crippen LogP contribution in [0, 0.1) is 45.3 Å². The summed E-state index contributed by atoms with van der Waals surface area (Å²) in [5.74, 6) is 0.528. The Bertz CT molecular complexity index is 981. The molecule has 7 heteroatoms. The van der Waals surface area contributed by atoms with E-state index in [1.807, 2.05) is 6.08 Å². The van der Waals surface area contributed by atoms with E-state index in [-0.39, 0.29) is 17.2 Å². The van der Waals surface area contributed by atoms with Gasteiger partial charge in [0.1, 0.15) is 6.07 Å². The number of rotatable bonds is 4. The van der Waals surface area contributed by atoms with Crippen LogP contribution in [0.3, 0.4) is 0 Å². The van der Waals surface area contributed by atoms with Crippen LogP contribution < -0.4 is 19.9 Å². The largest absolute Gasteiger partial charge is 0.493 e. The van der Waals surface area contributed by atoms with E-state index in [0.717, 1.165) is 24.8 Å². The lowest BCUT2D eigenvalue weighted by atomic mass is 9.56. The molecule has 0 saturated carbocycles. The Labute approximate surface area is 170 Å². The van der Waals surface area contributed by atoms with Gasteiger partial charge in [0.05, 0.1) is 44.7 Å². The lowest BCUT2D eigenvalue weighted by Gasteiger charge is -2.43. The summed E-state index contributed by atoms with van der Waals surface area (Å²) in [5, 5.41) is 29.9. The van der Waals surface area contributed by atoms with Crippen LogP contribution in [0.15, 0.2) is 35.1 Å². The van der Waals surface area contributed by atoms with Gasteiger partial charge in [0, 0.05) is 5.92 Å². The van der Waals surface area contributed by atoms with Gasteiger partial charge in [0.2, 0.25) is 5.75 Å². The number of hydrogen-bond acceptors (Lipinski definition) is 7. The van der Waals surface area contributed by atoms with E-state index in [1.165, 1.54) is 21.3 Å².